The number of ether oxygens (including phenoxy) is 4. The first kappa shape index (κ1) is 60.0. The third-order valence-electron chi connectivity index (χ3n) is 9.47. The number of aliphatic hydroxyl groups excluding tert-OH is 3. The maximum Gasteiger partial charge on any atom is 0.397 e. The molecule has 1 heterocycles. The number of hydrogen-bond donors (Lipinski definition) is 4. The Morgan fingerprint density at radius 3 is 1.36 bits per heavy atom. The standard InChI is InChI=1S/C53H80O12S/c1-3-5-7-9-11-13-15-17-19-21-23-25-27-29-31-33-35-37-39-41-43-61-45-47(46-62-53-51(57)52(65-66(58,59)60)50(56)48(44-54)64-53)63-49(55)42-40-38-36-34-32-30-28-26-24-22-20-18-16-14-12-10-8-6-4-2/h5-8,11-14,17-20,23-26,29-32,35-38,47-48,50-54,56-57H,3-4,9-10,15-16,21-22,27-28,33-34,39-46H2,1-2H3,(H,58,59,60)/b7-5-,8-6-,13-11-,14-12-,19-17-,20-18-,25-23-,26-24-,31-29-,32-30-,37-35-,38-36-. The second kappa shape index (κ2) is 42.3. The van der Waals surface area contributed by atoms with Crippen LogP contribution in [0.25, 0.3) is 0 Å². The molecule has 4 N–H and O–H groups in total. The predicted octanol–water partition coefficient (Wildman–Crippen LogP) is 10.5. The Hall–Kier alpha value is -4.02. The number of aliphatic hydroxyl groups is 3. The molecular weight excluding hydrogens is 861 g/mol. The summed E-state index contributed by atoms with van der Waals surface area (Å²) in [5.74, 6) is -0.508. The van der Waals surface area contributed by atoms with Crippen molar-refractivity contribution in [3.05, 3.63) is 146 Å². The normalized spacial score (nSPS) is 20.8. The van der Waals surface area contributed by atoms with Crippen LogP contribution >= 0.6 is 0 Å². The molecule has 1 saturated heterocycles. The van der Waals surface area contributed by atoms with Gasteiger partial charge >= 0.3 is 16.4 Å². The molecule has 0 aromatic rings. The smallest absolute Gasteiger partial charge is 0.397 e. The Kier molecular flexibility index (Phi) is 38.5. The summed E-state index contributed by atoms with van der Waals surface area (Å²) in [6, 6.07) is 0. The number of unbranched alkanes of at least 4 members (excludes halogenated alkanes) is 1. The molecule has 1 aliphatic heterocycles. The summed E-state index contributed by atoms with van der Waals surface area (Å²) in [7, 11) is -5.09. The second-order valence-electron chi connectivity index (χ2n) is 15.2. The van der Waals surface area contributed by atoms with Crippen LogP contribution in [-0.2, 0) is 38.3 Å². The van der Waals surface area contributed by atoms with Crippen LogP contribution in [0.2, 0.25) is 0 Å². The van der Waals surface area contributed by atoms with Crippen molar-refractivity contribution in [2.45, 2.75) is 153 Å². The van der Waals surface area contributed by atoms with Gasteiger partial charge in [0.25, 0.3) is 0 Å². The van der Waals surface area contributed by atoms with Gasteiger partial charge in [0.1, 0.15) is 30.5 Å². The summed E-state index contributed by atoms with van der Waals surface area (Å²) >= 11 is 0. The maximum absolute atomic E-state index is 12.8. The van der Waals surface area contributed by atoms with Crippen molar-refractivity contribution in [2.24, 2.45) is 0 Å². The van der Waals surface area contributed by atoms with Crippen molar-refractivity contribution >= 4 is 16.4 Å². The van der Waals surface area contributed by atoms with Crippen LogP contribution in [0, 0.1) is 0 Å². The summed E-state index contributed by atoms with van der Waals surface area (Å²) < 4.78 is 58.9. The van der Waals surface area contributed by atoms with E-state index in [-0.39, 0.29) is 19.6 Å². The second-order valence-corrected chi connectivity index (χ2v) is 16.3. The molecule has 0 spiro atoms. The minimum Gasteiger partial charge on any atom is -0.457 e. The molecule has 0 aromatic heterocycles. The molecule has 1 rings (SSSR count). The highest BCUT2D eigenvalue weighted by atomic mass is 32.3. The fourth-order valence-corrected chi connectivity index (χ4v) is 6.51. The number of hydrogen-bond acceptors (Lipinski definition) is 11. The lowest BCUT2D eigenvalue weighted by atomic mass is 9.99. The van der Waals surface area contributed by atoms with E-state index in [1.165, 1.54) is 0 Å². The Bertz CT molecular complexity index is 1700. The van der Waals surface area contributed by atoms with Crippen LogP contribution in [0.4, 0.5) is 0 Å². The number of carbonyl (C=O) groups is 1. The van der Waals surface area contributed by atoms with Crippen LogP contribution < -0.4 is 0 Å². The molecule has 0 radical (unpaired) electrons. The predicted molar refractivity (Wildman–Crippen MR) is 266 cm³/mol. The van der Waals surface area contributed by atoms with Crippen molar-refractivity contribution in [1.29, 1.82) is 0 Å². The fourth-order valence-electron chi connectivity index (χ4n) is 6.01. The van der Waals surface area contributed by atoms with Crippen LogP contribution in [0.15, 0.2) is 146 Å². The van der Waals surface area contributed by atoms with E-state index in [0.717, 1.165) is 83.5 Å². The minimum atomic E-state index is -5.09. The van der Waals surface area contributed by atoms with Crippen molar-refractivity contribution < 1.29 is 56.2 Å². The summed E-state index contributed by atoms with van der Waals surface area (Å²) in [5.41, 5.74) is 0. The zero-order valence-electron chi connectivity index (χ0n) is 39.4. The van der Waals surface area contributed by atoms with E-state index in [0.29, 0.717) is 19.4 Å². The summed E-state index contributed by atoms with van der Waals surface area (Å²) in [6.45, 7) is 3.47. The Morgan fingerprint density at radius 1 is 0.576 bits per heavy atom. The topological polar surface area (TPSA) is 178 Å². The van der Waals surface area contributed by atoms with E-state index in [4.69, 9.17) is 18.9 Å². The van der Waals surface area contributed by atoms with Gasteiger partial charge < -0.3 is 34.3 Å². The molecule has 0 aliphatic carbocycles. The molecular formula is C53H80O12S. The fraction of sp³-hybridized carbons (Fsp3) is 0.528. The zero-order valence-corrected chi connectivity index (χ0v) is 40.2. The van der Waals surface area contributed by atoms with Crippen molar-refractivity contribution in [2.75, 3.05) is 26.4 Å². The molecule has 6 unspecified atom stereocenters. The average Bonchev–Trinajstić information content (AvgIpc) is 3.29. The third-order valence-corrected chi connectivity index (χ3v) is 9.94. The summed E-state index contributed by atoms with van der Waals surface area (Å²) in [6.07, 6.45) is 54.7. The Labute approximate surface area is 396 Å². The highest BCUT2D eigenvalue weighted by Gasteiger charge is 2.48. The van der Waals surface area contributed by atoms with Crippen LogP contribution in [0.5, 0.6) is 0 Å². The number of allylic oxidation sites excluding steroid dienone is 24. The lowest BCUT2D eigenvalue weighted by Crippen LogP contribution is -2.60. The van der Waals surface area contributed by atoms with E-state index >= 15 is 0 Å². The van der Waals surface area contributed by atoms with Crippen molar-refractivity contribution in [3.63, 3.8) is 0 Å². The summed E-state index contributed by atoms with van der Waals surface area (Å²) in [5, 5.41) is 30.7. The highest BCUT2D eigenvalue weighted by molar-refractivity contribution is 7.80. The molecule has 0 bridgehead atoms. The van der Waals surface area contributed by atoms with Gasteiger partial charge in [-0.1, -0.05) is 160 Å². The van der Waals surface area contributed by atoms with E-state index in [1.807, 2.05) is 12.2 Å². The molecule has 12 nitrogen and oxygen atoms in total. The van der Waals surface area contributed by atoms with Gasteiger partial charge in [0.05, 0.1) is 19.8 Å². The number of rotatable bonds is 38. The van der Waals surface area contributed by atoms with Gasteiger partial charge in [-0.15, -0.1) is 0 Å². The zero-order chi connectivity index (χ0) is 48.2. The van der Waals surface area contributed by atoms with Crippen molar-refractivity contribution in [3.8, 4) is 0 Å². The molecule has 1 aliphatic rings. The van der Waals surface area contributed by atoms with Crippen molar-refractivity contribution in [1.82, 2.24) is 0 Å². The SMILES string of the molecule is CC/C=C\C/C=C\C/C=C\C/C=C\C/C=C\C/C=C\CCCOCC(COC1OC(CO)C(O)C(OS(=O)(=O)O)C1O)OC(=O)CC/C=C\C/C=C\C/C=C\C/C=C\C/C=C\C/C=C\CC. The monoisotopic (exact) mass is 941 g/mol. The van der Waals surface area contributed by atoms with Crippen LogP contribution in [-0.4, -0.2) is 97.5 Å². The minimum absolute atomic E-state index is 0.0464. The van der Waals surface area contributed by atoms with Gasteiger partial charge in [-0.05, 0) is 96.3 Å². The molecule has 66 heavy (non-hydrogen) atoms. The Morgan fingerprint density at radius 2 is 0.970 bits per heavy atom. The van der Waals surface area contributed by atoms with Crippen LogP contribution in [0.1, 0.15) is 117 Å². The van der Waals surface area contributed by atoms with Crippen LogP contribution in [0.3, 0.4) is 0 Å². The maximum atomic E-state index is 12.8. The van der Waals surface area contributed by atoms with Gasteiger partial charge in [-0.25, -0.2) is 4.18 Å². The molecule has 0 amide bonds. The first-order chi connectivity index (χ1) is 32.1. The average molecular weight is 941 g/mol. The van der Waals surface area contributed by atoms with E-state index < -0.39 is 59.8 Å². The van der Waals surface area contributed by atoms with Gasteiger partial charge in [0.15, 0.2) is 6.29 Å². The number of esters is 1. The van der Waals surface area contributed by atoms with Gasteiger partial charge in [-0.3, -0.25) is 9.35 Å². The van der Waals surface area contributed by atoms with Gasteiger partial charge in [0, 0.05) is 13.0 Å². The van der Waals surface area contributed by atoms with Gasteiger partial charge in [-0.2, -0.15) is 8.42 Å². The lowest BCUT2D eigenvalue weighted by Gasteiger charge is -2.41. The molecule has 0 saturated carbocycles. The highest BCUT2D eigenvalue weighted by Crippen LogP contribution is 2.26. The van der Waals surface area contributed by atoms with E-state index in [9.17, 15) is 33.1 Å². The first-order valence-corrected chi connectivity index (χ1v) is 25.0. The summed E-state index contributed by atoms with van der Waals surface area (Å²) in [4.78, 5) is 12.8. The quantitative estimate of drug-likeness (QED) is 0.0200. The van der Waals surface area contributed by atoms with E-state index in [1.54, 1.807) is 0 Å². The molecule has 6 atom stereocenters. The number of carbonyl (C=O) groups excluding carboxylic acids is 1. The molecule has 13 heteroatoms. The largest absolute Gasteiger partial charge is 0.457 e. The molecule has 0 aromatic carbocycles. The first-order valence-electron chi connectivity index (χ1n) is 23.6. The molecule has 1 fully saturated rings. The van der Waals surface area contributed by atoms with E-state index in [2.05, 4.69) is 152 Å². The molecule has 370 valence electrons. The third kappa shape index (κ3) is 35.2. The lowest BCUT2D eigenvalue weighted by molar-refractivity contribution is -0.301. The Balaban J connectivity index is 2.53. The van der Waals surface area contributed by atoms with Gasteiger partial charge in [0.2, 0.25) is 0 Å².